The third-order valence-electron chi connectivity index (χ3n) is 2.64. The van der Waals surface area contributed by atoms with Crippen molar-refractivity contribution in [3.05, 3.63) is 0 Å². The van der Waals surface area contributed by atoms with Crippen LogP contribution in [0, 0.1) is 0 Å². The zero-order chi connectivity index (χ0) is 12.3. The van der Waals surface area contributed by atoms with E-state index >= 15 is 0 Å². The summed E-state index contributed by atoms with van der Waals surface area (Å²) in [6, 6.07) is -0.603. The minimum absolute atomic E-state index is 0.0320. The van der Waals surface area contributed by atoms with E-state index in [4.69, 9.17) is 0 Å². The first-order valence-electron chi connectivity index (χ1n) is 5.31. The topological polar surface area (TPSA) is 69.7 Å². The third kappa shape index (κ3) is 2.72. The molecule has 0 spiro atoms. The fourth-order valence-corrected chi connectivity index (χ4v) is 2.95. The Morgan fingerprint density at radius 2 is 2.12 bits per heavy atom. The van der Waals surface area contributed by atoms with Crippen molar-refractivity contribution >= 4 is 15.9 Å². The van der Waals surface area contributed by atoms with Gasteiger partial charge in [-0.25, -0.2) is 8.42 Å². The summed E-state index contributed by atoms with van der Waals surface area (Å²) in [6.45, 7) is 2.93. The van der Waals surface area contributed by atoms with Crippen molar-refractivity contribution < 1.29 is 13.2 Å². The van der Waals surface area contributed by atoms with Crippen LogP contribution < -0.4 is 5.32 Å². The normalized spacial score (nSPS) is 23.1. The lowest BCUT2D eigenvalue weighted by molar-refractivity contribution is -0.133. The number of piperazine rings is 1. The van der Waals surface area contributed by atoms with E-state index in [-0.39, 0.29) is 11.7 Å². The van der Waals surface area contributed by atoms with Crippen LogP contribution in [-0.4, -0.2) is 69.1 Å². The average molecular weight is 249 g/mol. The second kappa shape index (κ2) is 5.11. The maximum absolute atomic E-state index is 11.9. The first-order chi connectivity index (χ1) is 7.40. The van der Waals surface area contributed by atoms with Gasteiger partial charge in [0, 0.05) is 33.7 Å². The molecule has 7 heteroatoms. The molecule has 1 unspecified atom stereocenters. The van der Waals surface area contributed by atoms with E-state index in [0.29, 0.717) is 19.6 Å². The number of sulfonamides is 1. The Labute approximate surface area is 96.6 Å². The number of nitrogens with zero attached hydrogens (tertiary/aromatic N) is 2. The Balaban J connectivity index is 2.92. The molecule has 94 valence electrons. The molecule has 0 aromatic carbocycles. The predicted molar refractivity (Wildman–Crippen MR) is 61.5 cm³/mol. The maximum atomic E-state index is 11.9. The Morgan fingerprint density at radius 1 is 1.50 bits per heavy atom. The monoisotopic (exact) mass is 249 g/mol. The number of rotatable bonds is 3. The lowest BCUT2D eigenvalue weighted by Crippen LogP contribution is -2.59. The molecule has 6 nitrogen and oxygen atoms in total. The van der Waals surface area contributed by atoms with E-state index in [0.717, 1.165) is 0 Å². The predicted octanol–water partition coefficient (Wildman–Crippen LogP) is -1.30. The molecule has 1 rings (SSSR count). The molecule has 0 saturated carbocycles. The van der Waals surface area contributed by atoms with Gasteiger partial charge in [-0.15, -0.1) is 0 Å². The van der Waals surface area contributed by atoms with Crippen molar-refractivity contribution in [3.8, 4) is 0 Å². The highest BCUT2D eigenvalue weighted by Crippen LogP contribution is 2.12. The quantitative estimate of drug-likeness (QED) is 0.675. The largest absolute Gasteiger partial charge is 0.347 e. The van der Waals surface area contributed by atoms with Crippen molar-refractivity contribution in [2.75, 3.05) is 39.5 Å². The number of hydrogen-bond donors (Lipinski definition) is 1. The van der Waals surface area contributed by atoms with E-state index in [1.165, 1.54) is 9.21 Å². The van der Waals surface area contributed by atoms with Crippen LogP contribution in [0.4, 0.5) is 0 Å². The summed E-state index contributed by atoms with van der Waals surface area (Å²) in [4.78, 5) is 13.3. The first-order valence-corrected chi connectivity index (χ1v) is 6.92. The van der Waals surface area contributed by atoms with Gasteiger partial charge in [-0.2, -0.15) is 4.31 Å². The highest BCUT2D eigenvalue weighted by molar-refractivity contribution is 7.89. The van der Waals surface area contributed by atoms with Crippen LogP contribution >= 0.6 is 0 Å². The van der Waals surface area contributed by atoms with Gasteiger partial charge in [0.2, 0.25) is 15.9 Å². The van der Waals surface area contributed by atoms with Gasteiger partial charge in [0.25, 0.3) is 0 Å². The van der Waals surface area contributed by atoms with Gasteiger partial charge < -0.3 is 10.2 Å². The van der Waals surface area contributed by atoms with Crippen molar-refractivity contribution in [2.24, 2.45) is 0 Å². The van der Waals surface area contributed by atoms with Crippen LogP contribution in [0.3, 0.4) is 0 Å². The van der Waals surface area contributed by atoms with Gasteiger partial charge in [-0.05, 0) is 6.92 Å². The number of nitrogens with one attached hydrogen (secondary N) is 1. The standard InChI is InChI=1S/C9H19N3O3S/c1-4-16(14,15)12-6-5-10-7-8(12)9(13)11(2)3/h8,10H,4-7H2,1-3H3. The average Bonchev–Trinajstić information content (AvgIpc) is 2.28. The highest BCUT2D eigenvalue weighted by Gasteiger charge is 2.36. The molecule has 1 N–H and O–H groups in total. The van der Waals surface area contributed by atoms with Crippen molar-refractivity contribution in [1.29, 1.82) is 0 Å². The van der Waals surface area contributed by atoms with Gasteiger partial charge in [-0.3, -0.25) is 4.79 Å². The van der Waals surface area contributed by atoms with Crippen LogP contribution in [0.25, 0.3) is 0 Å². The van der Waals surface area contributed by atoms with Gasteiger partial charge in [0.1, 0.15) is 6.04 Å². The number of carbonyl (C=O) groups excluding carboxylic acids is 1. The zero-order valence-electron chi connectivity index (χ0n) is 9.93. The second-order valence-corrected chi connectivity index (χ2v) is 6.17. The minimum Gasteiger partial charge on any atom is -0.347 e. The molecule has 1 fully saturated rings. The summed E-state index contributed by atoms with van der Waals surface area (Å²) >= 11 is 0. The first kappa shape index (κ1) is 13.4. The number of carbonyl (C=O) groups is 1. The van der Waals surface area contributed by atoms with Gasteiger partial charge >= 0.3 is 0 Å². The van der Waals surface area contributed by atoms with Crippen molar-refractivity contribution in [1.82, 2.24) is 14.5 Å². The Morgan fingerprint density at radius 3 is 2.62 bits per heavy atom. The minimum atomic E-state index is -3.30. The molecule has 0 aliphatic carbocycles. The molecule has 0 aromatic heterocycles. The molecule has 16 heavy (non-hydrogen) atoms. The summed E-state index contributed by atoms with van der Waals surface area (Å²) in [5, 5.41) is 3.04. The zero-order valence-corrected chi connectivity index (χ0v) is 10.7. The molecule has 1 aliphatic heterocycles. The molecule has 0 aromatic rings. The number of hydrogen-bond acceptors (Lipinski definition) is 4. The highest BCUT2D eigenvalue weighted by atomic mass is 32.2. The summed E-state index contributed by atoms with van der Waals surface area (Å²) < 4.78 is 24.9. The smallest absolute Gasteiger partial charge is 0.241 e. The van der Waals surface area contributed by atoms with Crippen LogP contribution in [0.2, 0.25) is 0 Å². The molecule has 1 saturated heterocycles. The molecular formula is C9H19N3O3S. The fraction of sp³-hybridized carbons (Fsp3) is 0.889. The van der Waals surface area contributed by atoms with E-state index in [2.05, 4.69) is 5.32 Å². The summed E-state index contributed by atoms with van der Waals surface area (Å²) in [7, 11) is -0.0379. The van der Waals surface area contributed by atoms with Gasteiger partial charge in [0.05, 0.1) is 5.75 Å². The SMILES string of the molecule is CCS(=O)(=O)N1CCNCC1C(=O)N(C)C. The van der Waals surface area contributed by atoms with E-state index in [1.807, 2.05) is 0 Å². The molecule has 1 aliphatic rings. The van der Waals surface area contributed by atoms with Crippen LogP contribution in [-0.2, 0) is 14.8 Å². The molecule has 0 bridgehead atoms. The maximum Gasteiger partial charge on any atom is 0.241 e. The van der Waals surface area contributed by atoms with Crippen molar-refractivity contribution in [3.63, 3.8) is 0 Å². The summed E-state index contributed by atoms with van der Waals surface area (Å²) in [5.74, 6) is -0.145. The van der Waals surface area contributed by atoms with E-state index in [9.17, 15) is 13.2 Å². The van der Waals surface area contributed by atoms with E-state index < -0.39 is 16.1 Å². The molecular weight excluding hydrogens is 230 g/mol. The van der Waals surface area contributed by atoms with Crippen LogP contribution in [0.5, 0.6) is 0 Å². The van der Waals surface area contributed by atoms with Crippen LogP contribution in [0.1, 0.15) is 6.92 Å². The summed E-state index contributed by atoms with van der Waals surface area (Å²) in [5.41, 5.74) is 0. The second-order valence-electron chi connectivity index (χ2n) is 3.96. The molecule has 1 atom stereocenters. The third-order valence-corrected chi connectivity index (χ3v) is 4.52. The van der Waals surface area contributed by atoms with Crippen molar-refractivity contribution in [2.45, 2.75) is 13.0 Å². The van der Waals surface area contributed by atoms with Crippen LogP contribution in [0.15, 0.2) is 0 Å². The molecule has 1 heterocycles. The van der Waals surface area contributed by atoms with Gasteiger partial charge in [0.15, 0.2) is 0 Å². The number of likely N-dealkylation sites (N-methyl/N-ethyl adjacent to an activating group) is 1. The molecule has 1 amide bonds. The lowest BCUT2D eigenvalue weighted by atomic mass is 10.2. The fourth-order valence-electron chi connectivity index (χ4n) is 1.69. The molecule has 0 radical (unpaired) electrons. The van der Waals surface area contributed by atoms with Gasteiger partial charge in [-0.1, -0.05) is 0 Å². The van der Waals surface area contributed by atoms with E-state index in [1.54, 1.807) is 21.0 Å². The lowest BCUT2D eigenvalue weighted by Gasteiger charge is -2.35. The Kier molecular flexibility index (Phi) is 4.28. The summed E-state index contributed by atoms with van der Waals surface area (Å²) in [6.07, 6.45) is 0. The Hall–Kier alpha value is -0.660. The Bertz CT molecular complexity index is 353. The number of amides is 1.